The summed E-state index contributed by atoms with van der Waals surface area (Å²) in [4.78, 5) is 19.6. The maximum absolute atomic E-state index is 11.2. The summed E-state index contributed by atoms with van der Waals surface area (Å²) < 4.78 is 15.2. The van der Waals surface area contributed by atoms with Crippen molar-refractivity contribution in [1.29, 1.82) is 0 Å². The van der Waals surface area contributed by atoms with Gasteiger partial charge >= 0.3 is 5.97 Å². The highest BCUT2D eigenvalue weighted by atomic mass is 32.2. The Kier molecular flexibility index (Phi) is 4.62. The van der Waals surface area contributed by atoms with E-state index in [0.717, 1.165) is 5.39 Å². The molecule has 0 aliphatic carbocycles. The Balaban J connectivity index is 2.46. The van der Waals surface area contributed by atoms with Crippen molar-refractivity contribution in [1.82, 2.24) is 9.97 Å². The van der Waals surface area contributed by atoms with Crippen molar-refractivity contribution >= 4 is 28.6 Å². The molecule has 1 aromatic heterocycles. The molecule has 0 fully saturated rings. The quantitative estimate of drug-likeness (QED) is 0.474. The lowest BCUT2D eigenvalue weighted by Gasteiger charge is -2.10. The lowest BCUT2D eigenvalue weighted by Crippen LogP contribution is -2.03. The Hall–Kier alpha value is -2.02. The van der Waals surface area contributed by atoms with Crippen LogP contribution in [0.4, 0.5) is 0 Å². The van der Waals surface area contributed by atoms with E-state index in [1.54, 1.807) is 20.3 Å². The van der Waals surface area contributed by atoms with Crippen LogP contribution in [0, 0.1) is 0 Å². The Labute approximate surface area is 120 Å². The number of carbonyl (C=O) groups excluding carboxylic acids is 1. The number of benzene rings is 1. The largest absolute Gasteiger partial charge is 0.497 e. The van der Waals surface area contributed by atoms with E-state index in [1.807, 2.05) is 6.07 Å². The second-order valence-electron chi connectivity index (χ2n) is 3.77. The van der Waals surface area contributed by atoms with Crippen LogP contribution in [0.25, 0.3) is 10.9 Å². The number of hydrogen-bond acceptors (Lipinski definition) is 7. The van der Waals surface area contributed by atoms with Gasteiger partial charge in [0.25, 0.3) is 0 Å². The first-order valence-corrected chi connectivity index (χ1v) is 6.74. The fourth-order valence-electron chi connectivity index (χ4n) is 1.66. The first-order valence-electron chi connectivity index (χ1n) is 5.76. The van der Waals surface area contributed by atoms with E-state index < -0.39 is 0 Å². The van der Waals surface area contributed by atoms with Gasteiger partial charge in [0, 0.05) is 11.5 Å². The Morgan fingerprint density at radius 2 is 2.00 bits per heavy atom. The van der Waals surface area contributed by atoms with Gasteiger partial charge in [-0.1, -0.05) is 11.8 Å². The summed E-state index contributed by atoms with van der Waals surface area (Å²) in [6.07, 6.45) is 1.44. The smallest absolute Gasteiger partial charge is 0.316 e. The van der Waals surface area contributed by atoms with E-state index in [-0.39, 0.29) is 11.7 Å². The van der Waals surface area contributed by atoms with Gasteiger partial charge in [-0.05, 0) is 6.07 Å². The minimum absolute atomic E-state index is 0.183. The van der Waals surface area contributed by atoms with Crippen LogP contribution in [0.1, 0.15) is 0 Å². The molecule has 0 saturated heterocycles. The highest BCUT2D eigenvalue weighted by Gasteiger charge is 2.13. The predicted octanol–water partition coefficient (Wildman–Crippen LogP) is 1.91. The molecule has 0 unspecified atom stereocenters. The molecule has 0 N–H and O–H groups in total. The number of nitrogens with zero attached hydrogens (tertiary/aromatic N) is 2. The SMILES string of the molecule is COC(=O)CSc1ncnc2c(OC)cc(OC)cc12. The van der Waals surface area contributed by atoms with Crippen LogP contribution in [0.15, 0.2) is 23.5 Å². The summed E-state index contributed by atoms with van der Waals surface area (Å²) >= 11 is 1.28. The van der Waals surface area contributed by atoms with Crippen molar-refractivity contribution in [2.45, 2.75) is 5.03 Å². The molecule has 106 valence electrons. The molecule has 0 radical (unpaired) electrons. The summed E-state index contributed by atoms with van der Waals surface area (Å²) in [7, 11) is 4.50. The third-order valence-corrected chi connectivity index (χ3v) is 3.63. The zero-order valence-corrected chi connectivity index (χ0v) is 12.2. The molecule has 0 saturated carbocycles. The van der Waals surface area contributed by atoms with E-state index >= 15 is 0 Å². The summed E-state index contributed by atoms with van der Waals surface area (Å²) in [6.45, 7) is 0. The average molecular weight is 294 g/mol. The van der Waals surface area contributed by atoms with Gasteiger partial charge in [0.15, 0.2) is 0 Å². The minimum atomic E-state index is -0.309. The van der Waals surface area contributed by atoms with Crippen LogP contribution in [0.5, 0.6) is 11.5 Å². The van der Waals surface area contributed by atoms with Gasteiger partial charge < -0.3 is 14.2 Å². The maximum Gasteiger partial charge on any atom is 0.316 e. The zero-order chi connectivity index (χ0) is 14.5. The van der Waals surface area contributed by atoms with E-state index in [4.69, 9.17) is 9.47 Å². The molecular weight excluding hydrogens is 280 g/mol. The summed E-state index contributed by atoms with van der Waals surface area (Å²) in [5.74, 6) is 1.12. The van der Waals surface area contributed by atoms with E-state index in [2.05, 4.69) is 14.7 Å². The van der Waals surface area contributed by atoms with Gasteiger partial charge in [0.05, 0.1) is 27.1 Å². The molecule has 0 amide bonds. The highest BCUT2D eigenvalue weighted by molar-refractivity contribution is 8.00. The lowest BCUT2D eigenvalue weighted by molar-refractivity contribution is -0.137. The molecule has 2 aromatic rings. The monoisotopic (exact) mass is 294 g/mol. The topological polar surface area (TPSA) is 70.5 Å². The predicted molar refractivity (Wildman–Crippen MR) is 75.4 cm³/mol. The molecule has 7 heteroatoms. The fourth-order valence-corrected chi connectivity index (χ4v) is 2.47. The third kappa shape index (κ3) is 2.93. The van der Waals surface area contributed by atoms with Crippen molar-refractivity contribution in [3.8, 4) is 11.5 Å². The lowest BCUT2D eigenvalue weighted by atomic mass is 10.2. The van der Waals surface area contributed by atoms with Crippen LogP contribution in [0.3, 0.4) is 0 Å². The normalized spacial score (nSPS) is 10.3. The number of thioether (sulfide) groups is 1. The number of hydrogen-bond donors (Lipinski definition) is 0. The number of carbonyl (C=O) groups is 1. The van der Waals surface area contributed by atoms with Gasteiger partial charge in [0.1, 0.15) is 28.4 Å². The zero-order valence-electron chi connectivity index (χ0n) is 11.4. The van der Waals surface area contributed by atoms with Crippen molar-refractivity contribution in [3.63, 3.8) is 0 Å². The first kappa shape index (κ1) is 14.4. The molecule has 0 aliphatic heterocycles. The second-order valence-corrected chi connectivity index (χ2v) is 4.73. The molecular formula is C13H14N2O4S. The van der Waals surface area contributed by atoms with Gasteiger partial charge in [-0.2, -0.15) is 0 Å². The second kappa shape index (κ2) is 6.42. The molecule has 0 aliphatic rings. The maximum atomic E-state index is 11.2. The minimum Gasteiger partial charge on any atom is -0.497 e. The van der Waals surface area contributed by atoms with Crippen molar-refractivity contribution in [3.05, 3.63) is 18.5 Å². The molecule has 1 heterocycles. The number of aromatic nitrogens is 2. The van der Waals surface area contributed by atoms with Gasteiger partial charge in [0.2, 0.25) is 0 Å². The number of fused-ring (bicyclic) bond motifs is 1. The number of esters is 1. The van der Waals surface area contributed by atoms with Crippen LogP contribution < -0.4 is 9.47 Å². The fraction of sp³-hybridized carbons (Fsp3) is 0.308. The molecule has 20 heavy (non-hydrogen) atoms. The summed E-state index contributed by atoms with van der Waals surface area (Å²) in [6, 6.07) is 3.57. The summed E-state index contributed by atoms with van der Waals surface area (Å²) in [5, 5.41) is 1.45. The average Bonchev–Trinajstić information content (AvgIpc) is 2.51. The highest BCUT2D eigenvalue weighted by Crippen LogP contribution is 2.34. The van der Waals surface area contributed by atoms with E-state index in [9.17, 15) is 4.79 Å². The molecule has 1 aromatic carbocycles. The summed E-state index contributed by atoms with van der Waals surface area (Å²) in [5.41, 5.74) is 0.677. The molecule has 6 nitrogen and oxygen atoms in total. The van der Waals surface area contributed by atoms with Crippen molar-refractivity contribution in [2.75, 3.05) is 27.1 Å². The van der Waals surface area contributed by atoms with Crippen LogP contribution in [0.2, 0.25) is 0 Å². The first-order chi connectivity index (χ1) is 9.69. The standard InChI is InChI=1S/C13H14N2O4S/c1-17-8-4-9-12(10(5-8)18-2)14-7-15-13(9)20-6-11(16)19-3/h4-5,7H,6H2,1-3H3. The Morgan fingerprint density at radius 3 is 2.65 bits per heavy atom. The molecule has 2 rings (SSSR count). The van der Waals surface area contributed by atoms with Gasteiger partial charge in [-0.3, -0.25) is 4.79 Å². The Bertz CT molecular complexity index is 633. The number of methoxy groups -OCH3 is 3. The Morgan fingerprint density at radius 1 is 1.20 bits per heavy atom. The molecule has 0 spiro atoms. The van der Waals surface area contributed by atoms with Crippen LogP contribution in [-0.2, 0) is 9.53 Å². The molecule has 0 atom stereocenters. The van der Waals surface area contributed by atoms with E-state index in [1.165, 1.54) is 25.2 Å². The van der Waals surface area contributed by atoms with Crippen molar-refractivity contribution < 1.29 is 19.0 Å². The van der Waals surface area contributed by atoms with Crippen LogP contribution >= 0.6 is 11.8 Å². The van der Waals surface area contributed by atoms with Crippen molar-refractivity contribution in [2.24, 2.45) is 0 Å². The molecule has 0 bridgehead atoms. The third-order valence-electron chi connectivity index (χ3n) is 2.65. The van der Waals surface area contributed by atoms with Gasteiger partial charge in [-0.25, -0.2) is 9.97 Å². The number of ether oxygens (including phenoxy) is 3. The van der Waals surface area contributed by atoms with Gasteiger partial charge in [-0.15, -0.1) is 0 Å². The number of rotatable bonds is 5. The van der Waals surface area contributed by atoms with E-state index in [0.29, 0.717) is 22.0 Å². The van der Waals surface area contributed by atoms with Crippen LogP contribution in [-0.4, -0.2) is 43.0 Å².